The van der Waals surface area contributed by atoms with Gasteiger partial charge in [-0.3, -0.25) is 4.79 Å². The molecule has 0 spiro atoms. The maximum absolute atomic E-state index is 12.2. The maximum Gasteiger partial charge on any atom is 0.305 e. The van der Waals surface area contributed by atoms with Crippen molar-refractivity contribution >= 4 is 5.97 Å². The molecule has 0 unspecified atom stereocenters. The fourth-order valence-corrected chi connectivity index (χ4v) is 6.33. The first-order chi connectivity index (χ1) is 13.9. The molecular weight excluding hydrogens is 372 g/mol. The van der Waals surface area contributed by atoms with E-state index in [4.69, 9.17) is 16.4 Å². The first-order valence-electron chi connectivity index (χ1n) is 11.5. The molecule has 0 bridgehead atoms. The Morgan fingerprint density at radius 1 is 1.33 bits per heavy atom. The number of hydrogen-bond acceptors (Lipinski definition) is 3. The van der Waals surface area contributed by atoms with E-state index in [0.717, 1.165) is 32.1 Å². The van der Waals surface area contributed by atoms with Crippen molar-refractivity contribution in [1.82, 2.24) is 0 Å². The summed E-state index contributed by atoms with van der Waals surface area (Å²) in [5.74, 6) is 1.14. The van der Waals surface area contributed by atoms with Crippen LogP contribution >= 0.6 is 0 Å². The zero-order chi connectivity index (χ0) is 22.7. The molecule has 2 fully saturated rings. The Labute approximate surface area is 185 Å². The van der Waals surface area contributed by atoms with E-state index in [1.54, 1.807) is 0 Å². The summed E-state index contributed by atoms with van der Waals surface area (Å²) in [4.78, 5) is 12.2. The first kappa shape index (κ1) is 24.8. The molecule has 0 aromatic carbocycles. The van der Waals surface area contributed by atoms with Crippen LogP contribution in [0.25, 0.3) is 0 Å². The lowest BCUT2D eigenvalue weighted by Gasteiger charge is -2.60. The fraction of sp³-hybridized carbons (Fsp3) is 0.704. The van der Waals surface area contributed by atoms with Crippen molar-refractivity contribution in [2.45, 2.75) is 97.7 Å². The van der Waals surface area contributed by atoms with Gasteiger partial charge in [-0.2, -0.15) is 0 Å². The van der Waals surface area contributed by atoms with Gasteiger partial charge in [-0.15, -0.1) is 0 Å². The Morgan fingerprint density at radius 2 is 2.00 bits per heavy atom. The molecule has 0 aromatic rings. The summed E-state index contributed by atoms with van der Waals surface area (Å²) >= 11 is 0. The van der Waals surface area contributed by atoms with Crippen LogP contribution in [0.2, 0.25) is 0 Å². The zero-order valence-corrected chi connectivity index (χ0v) is 19.9. The number of allylic oxidation sites excluding steroid dienone is 1. The van der Waals surface area contributed by atoms with Gasteiger partial charge in [0.05, 0.1) is 5.76 Å². The van der Waals surface area contributed by atoms with Crippen LogP contribution in [-0.2, 0) is 14.3 Å². The number of fused-ring (bicyclic) bond motifs is 1. The van der Waals surface area contributed by atoms with Crippen molar-refractivity contribution in [3.05, 3.63) is 44.1 Å². The minimum absolute atomic E-state index is 0.0444. The van der Waals surface area contributed by atoms with Crippen LogP contribution in [0.15, 0.2) is 37.1 Å². The quantitative estimate of drug-likeness (QED) is 0.230. The van der Waals surface area contributed by atoms with Crippen molar-refractivity contribution in [3.8, 4) is 0 Å². The van der Waals surface area contributed by atoms with Gasteiger partial charge in [-0.1, -0.05) is 59.4 Å². The van der Waals surface area contributed by atoms with Gasteiger partial charge in [0.25, 0.3) is 0 Å². The summed E-state index contributed by atoms with van der Waals surface area (Å²) < 4.78 is 12.0. The van der Waals surface area contributed by atoms with Crippen LogP contribution < -0.4 is 0 Å². The first-order valence-corrected chi connectivity index (χ1v) is 11.5. The molecule has 0 aromatic heterocycles. The van der Waals surface area contributed by atoms with Gasteiger partial charge in [0, 0.05) is 25.2 Å². The number of carbonyl (C=O) groups excluding carboxylic acids is 1. The zero-order valence-electron chi connectivity index (χ0n) is 19.9. The topological polar surface area (TPSA) is 35.5 Å². The molecule has 0 saturated heterocycles. The smallest absolute Gasteiger partial charge is 0.305 e. The molecule has 2 radical (unpaired) electrons. The monoisotopic (exact) mass is 414 g/mol. The minimum atomic E-state index is -0.502. The van der Waals surface area contributed by atoms with Crippen LogP contribution in [0.5, 0.6) is 0 Å². The van der Waals surface area contributed by atoms with Crippen molar-refractivity contribution in [2.24, 2.45) is 22.7 Å². The van der Waals surface area contributed by atoms with E-state index >= 15 is 0 Å². The molecule has 0 amide bonds. The largest absolute Gasteiger partial charge is 0.488 e. The van der Waals surface area contributed by atoms with Gasteiger partial charge in [0.15, 0.2) is 0 Å². The summed E-state index contributed by atoms with van der Waals surface area (Å²) in [6.45, 7) is 29.0. The summed E-state index contributed by atoms with van der Waals surface area (Å²) in [6, 6.07) is 0. The maximum atomic E-state index is 12.2. The minimum Gasteiger partial charge on any atom is -0.488 e. The van der Waals surface area contributed by atoms with Crippen LogP contribution in [0.1, 0.15) is 86.0 Å². The predicted octanol–water partition coefficient (Wildman–Crippen LogP) is 7.07. The predicted molar refractivity (Wildman–Crippen MR) is 124 cm³/mol. The van der Waals surface area contributed by atoms with Gasteiger partial charge >= 0.3 is 5.97 Å². The summed E-state index contributed by atoms with van der Waals surface area (Å²) in [5.41, 5.74) is 0.863. The molecule has 2 rings (SSSR count). The summed E-state index contributed by atoms with van der Waals surface area (Å²) in [7, 11) is 0. The van der Waals surface area contributed by atoms with Crippen LogP contribution in [0.4, 0.5) is 0 Å². The van der Waals surface area contributed by atoms with Crippen molar-refractivity contribution in [3.63, 3.8) is 0 Å². The third kappa shape index (κ3) is 5.03. The van der Waals surface area contributed by atoms with E-state index in [-0.39, 0.29) is 22.9 Å². The van der Waals surface area contributed by atoms with Crippen LogP contribution in [0.3, 0.4) is 0 Å². The van der Waals surface area contributed by atoms with E-state index in [2.05, 4.69) is 40.5 Å². The molecular formula is C27H42O3. The lowest BCUT2D eigenvalue weighted by Crippen LogP contribution is -2.56. The molecule has 168 valence electrons. The van der Waals surface area contributed by atoms with Crippen molar-refractivity contribution in [1.29, 1.82) is 0 Å². The molecule has 0 N–H and O–H groups in total. The highest BCUT2D eigenvalue weighted by Gasteiger charge is 2.57. The molecule has 2 aliphatic carbocycles. The highest BCUT2D eigenvalue weighted by atomic mass is 16.5. The van der Waals surface area contributed by atoms with Gasteiger partial charge in [0.2, 0.25) is 0 Å². The third-order valence-corrected chi connectivity index (χ3v) is 7.75. The van der Waals surface area contributed by atoms with Gasteiger partial charge in [-0.25, -0.2) is 0 Å². The number of rotatable bonds is 9. The Morgan fingerprint density at radius 3 is 2.57 bits per heavy atom. The highest BCUT2D eigenvalue weighted by Crippen LogP contribution is 2.62. The molecule has 0 aliphatic heterocycles. The van der Waals surface area contributed by atoms with E-state index < -0.39 is 5.60 Å². The van der Waals surface area contributed by atoms with Crippen molar-refractivity contribution in [2.75, 3.05) is 0 Å². The van der Waals surface area contributed by atoms with E-state index in [9.17, 15) is 4.79 Å². The molecule has 30 heavy (non-hydrogen) atoms. The second kappa shape index (κ2) is 9.32. The number of hydrogen-bond donors (Lipinski definition) is 0. The molecule has 3 nitrogen and oxygen atoms in total. The highest BCUT2D eigenvalue weighted by molar-refractivity contribution is 5.69. The summed E-state index contributed by atoms with van der Waals surface area (Å²) in [6.07, 6.45) is 8.50. The molecule has 2 aliphatic rings. The standard InChI is InChI=1S/C27H42O3/c1-10-20(5)30-26(8,12-3)17-14-21-19(4)18-22(29-23(28)11-2)24-25(6,7)15-13-16-27(21,24)9/h1,12,21-22,24H,3-5,10-11,13-18H2,2,6-9H3/t21-,22-,24-,26+,27+/m0/s1. The Balaban J connectivity index is 2.30. The number of esters is 1. The van der Waals surface area contributed by atoms with Gasteiger partial charge in [0.1, 0.15) is 11.7 Å². The van der Waals surface area contributed by atoms with E-state index in [0.29, 0.717) is 30.4 Å². The van der Waals surface area contributed by atoms with E-state index in [1.165, 1.54) is 12.0 Å². The SMILES string of the molecule is [CH]CC(=C)O[C@](C)(C=C)CC[C@H]1C(=C)C[C@H](OC(=O)CC)[C@H]2C(C)(C)CCC[C@]12C. The molecule has 5 atom stereocenters. The lowest BCUT2D eigenvalue weighted by atomic mass is 9.46. The van der Waals surface area contributed by atoms with E-state index in [1.807, 2.05) is 19.9 Å². The molecule has 2 saturated carbocycles. The average Bonchev–Trinajstić information content (AvgIpc) is 2.66. The molecule has 0 heterocycles. The second-order valence-corrected chi connectivity index (χ2v) is 10.5. The second-order valence-electron chi connectivity index (χ2n) is 10.5. The van der Waals surface area contributed by atoms with Gasteiger partial charge < -0.3 is 9.47 Å². The lowest BCUT2D eigenvalue weighted by molar-refractivity contribution is -0.173. The third-order valence-electron chi connectivity index (χ3n) is 7.75. The average molecular weight is 415 g/mol. The van der Waals surface area contributed by atoms with Crippen LogP contribution in [0, 0.1) is 29.6 Å². The Kier molecular flexibility index (Phi) is 7.69. The van der Waals surface area contributed by atoms with Crippen molar-refractivity contribution < 1.29 is 14.3 Å². The number of carbonyl (C=O) groups is 1. The Hall–Kier alpha value is -1.51. The Bertz CT molecular complexity index is 676. The fourth-order valence-electron chi connectivity index (χ4n) is 6.33. The van der Waals surface area contributed by atoms with Crippen LogP contribution in [-0.4, -0.2) is 17.7 Å². The van der Waals surface area contributed by atoms with Gasteiger partial charge in [-0.05, 0) is 62.4 Å². The number of ether oxygens (including phenoxy) is 2. The molecule has 3 heteroatoms. The summed E-state index contributed by atoms with van der Waals surface area (Å²) in [5, 5.41) is 0. The normalized spacial score (nSPS) is 32.5.